The first-order valence-electron chi connectivity index (χ1n) is 7.07. The molecule has 2 N–H and O–H groups in total. The minimum atomic E-state index is 0.0450. The molecule has 21 heavy (non-hydrogen) atoms. The second kappa shape index (κ2) is 5.29. The Morgan fingerprint density at radius 2 is 2.05 bits per heavy atom. The number of amides is 1. The summed E-state index contributed by atoms with van der Waals surface area (Å²) in [4.78, 5) is 18.5. The average Bonchev–Trinajstić information content (AvgIpc) is 3.04. The lowest BCUT2D eigenvalue weighted by molar-refractivity contribution is 0.0791. The summed E-state index contributed by atoms with van der Waals surface area (Å²) >= 11 is 0. The van der Waals surface area contributed by atoms with E-state index in [1.165, 1.54) is 0 Å². The predicted octanol–water partition coefficient (Wildman–Crippen LogP) is 0.964. The van der Waals surface area contributed by atoms with E-state index < -0.39 is 0 Å². The topological polar surface area (TPSA) is 77.0 Å². The first-order chi connectivity index (χ1) is 10.0. The zero-order valence-corrected chi connectivity index (χ0v) is 12.3. The SMILES string of the molecule is Cc1nc(-c2ccc(C(=O)N3CC[C@@H](N)C3)cc2)n(C)n1. The van der Waals surface area contributed by atoms with Gasteiger partial charge in [0.1, 0.15) is 5.82 Å². The first kappa shape index (κ1) is 13.8. The molecule has 1 aliphatic rings. The number of carbonyl (C=O) groups is 1. The third-order valence-corrected chi connectivity index (χ3v) is 3.77. The number of aromatic nitrogens is 3. The molecule has 110 valence electrons. The van der Waals surface area contributed by atoms with Gasteiger partial charge in [-0.25, -0.2) is 9.67 Å². The summed E-state index contributed by atoms with van der Waals surface area (Å²) in [7, 11) is 1.86. The van der Waals surface area contributed by atoms with Crippen molar-refractivity contribution in [2.45, 2.75) is 19.4 Å². The Morgan fingerprint density at radius 1 is 1.33 bits per heavy atom. The van der Waals surface area contributed by atoms with Crippen LogP contribution in [-0.2, 0) is 7.05 Å². The zero-order chi connectivity index (χ0) is 15.0. The number of aryl methyl sites for hydroxylation is 2. The highest BCUT2D eigenvalue weighted by molar-refractivity contribution is 5.94. The molecular formula is C15H19N5O. The van der Waals surface area contributed by atoms with E-state index in [0.29, 0.717) is 12.1 Å². The van der Waals surface area contributed by atoms with Gasteiger partial charge < -0.3 is 10.6 Å². The molecule has 0 aliphatic carbocycles. The Hall–Kier alpha value is -2.21. The van der Waals surface area contributed by atoms with E-state index in [9.17, 15) is 4.79 Å². The van der Waals surface area contributed by atoms with Gasteiger partial charge in [0.05, 0.1) is 0 Å². The van der Waals surface area contributed by atoms with Crippen LogP contribution in [0.25, 0.3) is 11.4 Å². The van der Waals surface area contributed by atoms with Crippen LogP contribution in [0.5, 0.6) is 0 Å². The molecule has 0 unspecified atom stereocenters. The lowest BCUT2D eigenvalue weighted by Crippen LogP contribution is -2.31. The van der Waals surface area contributed by atoms with Gasteiger partial charge in [-0.05, 0) is 25.5 Å². The summed E-state index contributed by atoms with van der Waals surface area (Å²) in [6.45, 7) is 3.24. The van der Waals surface area contributed by atoms with E-state index in [4.69, 9.17) is 5.73 Å². The number of benzene rings is 1. The maximum Gasteiger partial charge on any atom is 0.253 e. The minimum Gasteiger partial charge on any atom is -0.337 e. The van der Waals surface area contributed by atoms with E-state index in [1.807, 2.05) is 43.1 Å². The molecule has 2 heterocycles. The molecule has 1 saturated heterocycles. The van der Waals surface area contributed by atoms with Crippen molar-refractivity contribution in [2.75, 3.05) is 13.1 Å². The van der Waals surface area contributed by atoms with Crippen molar-refractivity contribution in [3.05, 3.63) is 35.7 Å². The number of nitrogens with zero attached hydrogens (tertiary/aromatic N) is 4. The van der Waals surface area contributed by atoms with Gasteiger partial charge in [0.25, 0.3) is 5.91 Å². The van der Waals surface area contributed by atoms with Gasteiger partial charge in [0, 0.05) is 37.3 Å². The van der Waals surface area contributed by atoms with Gasteiger partial charge in [-0.1, -0.05) is 12.1 Å². The summed E-state index contributed by atoms with van der Waals surface area (Å²) in [6, 6.07) is 7.60. The van der Waals surface area contributed by atoms with Crippen molar-refractivity contribution in [3.63, 3.8) is 0 Å². The number of carbonyl (C=O) groups excluding carboxylic acids is 1. The van der Waals surface area contributed by atoms with Crippen molar-refractivity contribution in [1.29, 1.82) is 0 Å². The van der Waals surface area contributed by atoms with E-state index in [-0.39, 0.29) is 11.9 Å². The highest BCUT2D eigenvalue weighted by Gasteiger charge is 2.24. The van der Waals surface area contributed by atoms with Crippen molar-refractivity contribution in [1.82, 2.24) is 19.7 Å². The monoisotopic (exact) mass is 285 g/mol. The molecule has 0 radical (unpaired) electrons. The van der Waals surface area contributed by atoms with Crippen LogP contribution in [0.15, 0.2) is 24.3 Å². The number of nitrogens with two attached hydrogens (primary N) is 1. The summed E-state index contributed by atoms with van der Waals surface area (Å²) in [5.41, 5.74) is 7.49. The number of likely N-dealkylation sites (tertiary alicyclic amines) is 1. The second-order valence-electron chi connectivity index (χ2n) is 5.48. The molecule has 0 bridgehead atoms. The van der Waals surface area contributed by atoms with E-state index in [0.717, 1.165) is 30.2 Å². The first-order valence-corrected chi connectivity index (χ1v) is 7.07. The molecule has 1 amide bonds. The van der Waals surface area contributed by atoms with Crippen LogP contribution in [0, 0.1) is 6.92 Å². The molecule has 0 saturated carbocycles. The molecule has 1 aromatic heterocycles. The maximum atomic E-state index is 12.3. The summed E-state index contributed by atoms with van der Waals surface area (Å²) in [5.74, 6) is 1.58. The van der Waals surface area contributed by atoms with Gasteiger partial charge in [-0.2, -0.15) is 5.10 Å². The molecular weight excluding hydrogens is 266 g/mol. The number of hydrogen-bond acceptors (Lipinski definition) is 4. The van der Waals surface area contributed by atoms with Crippen LogP contribution in [0.2, 0.25) is 0 Å². The molecule has 1 aromatic carbocycles. The van der Waals surface area contributed by atoms with Gasteiger partial charge in [-0.3, -0.25) is 4.79 Å². The van der Waals surface area contributed by atoms with Crippen LogP contribution in [0.3, 0.4) is 0 Å². The third kappa shape index (κ3) is 2.67. The van der Waals surface area contributed by atoms with Crippen LogP contribution in [-0.4, -0.2) is 44.7 Å². The van der Waals surface area contributed by atoms with E-state index in [2.05, 4.69) is 10.1 Å². The summed E-state index contributed by atoms with van der Waals surface area (Å²) in [5, 5.41) is 4.23. The van der Waals surface area contributed by atoms with Crippen molar-refractivity contribution >= 4 is 5.91 Å². The van der Waals surface area contributed by atoms with Gasteiger partial charge in [0.2, 0.25) is 0 Å². The fourth-order valence-electron chi connectivity index (χ4n) is 2.68. The van der Waals surface area contributed by atoms with Crippen molar-refractivity contribution in [2.24, 2.45) is 12.8 Å². The number of hydrogen-bond donors (Lipinski definition) is 1. The molecule has 2 aromatic rings. The molecule has 1 aliphatic heterocycles. The Balaban J connectivity index is 1.81. The molecule has 6 heteroatoms. The van der Waals surface area contributed by atoms with Crippen molar-refractivity contribution in [3.8, 4) is 11.4 Å². The quantitative estimate of drug-likeness (QED) is 0.891. The Bertz CT molecular complexity index is 661. The second-order valence-corrected chi connectivity index (χ2v) is 5.48. The zero-order valence-electron chi connectivity index (χ0n) is 12.3. The van der Waals surface area contributed by atoms with Gasteiger partial charge in [0.15, 0.2) is 5.82 Å². The van der Waals surface area contributed by atoms with Gasteiger partial charge >= 0.3 is 0 Å². The molecule has 1 fully saturated rings. The molecule has 0 spiro atoms. The van der Waals surface area contributed by atoms with Crippen LogP contribution < -0.4 is 5.73 Å². The highest BCUT2D eigenvalue weighted by atomic mass is 16.2. The van der Waals surface area contributed by atoms with Crippen LogP contribution in [0.4, 0.5) is 0 Å². The standard InChI is InChI=1S/C15H19N5O/c1-10-17-14(19(2)18-10)11-3-5-12(6-4-11)15(21)20-8-7-13(16)9-20/h3-6,13H,7-9,16H2,1-2H3/t13-/m1/s1. The largest absolute Gasteiger partial charge is 0.337 e. The fourth-order valence-corrected chi connectivity index (χ4v) is 2.68. The number of rotatable bonds is 2. The Morgan fingerprint density at radius 3 is 2.57 bits per heavy atom. The lowest BCUT2D eigenvalue weighted by atomic mass is 10.1. The Kier molecular flexibility index (Phi) is 3.47. The highest BCUT2D eigenvalue weighted by Crippen LogP contribution is 2.19. The summed E-state index contributed by atoms with van der Waals surface area (Å²) < 4.78 is 1.74. The minimum absolute atomic E-state index is 0.0450. The van der Waals surface area contributed by atoms with Gasteiger partial charge in [-0.15, -0.1) is 0 Å². The van der Waals surface area contributed by atoms with Crippen LogP contribution >= 0.6 is 0 Å². The molecule has 3 rings (SSSR count). The fraction of sp³-hybridized carbons (Fsp3) is 0.400. The molecule has 6 nitrogen and oxygen atoms in total. The maximum absolute atomic E-state index is 12.3. The normalized spacial score (nSPS) is 18.2. The Labute approximate surface area is 123 Å². The molecule has 1 atom stereocenters. The smallest absolute Gasteiger partial charge is 0.253 e. The van der Waals surface area contributed by atoms with E-state index >= 15 is 0 Å². The van der Waals surface area contributed by atoms with Crippen LogP contribution in [0.1, 0.15) is 22.6 Å². The summed E-state index contributed by atoms with van der Waals surface area (Å²) in [6.07, 6.45) is 0.877. The average molecular weight is 285 g/mol. The third-order valence-electron chi connectivity index (χ3n) is 3.77. The van der Waals surface area contributed by atoms with E-state index in [1.54, 1.807) is 4.68 Å². The predicted molar refractivity (Wildman–Crippen MR) is 79.7 cm³/mol. The van der Waals surface area contributed by atoms with Crippen molar-refractivity contribution < 1.29 is 4.79 Å². The lowest BCUT2D eigenvalue weighted by Gasteiger charge is -2.15.